The predicted octanol–water partition coefficient (Wildman–Crippen LogP) is 0.701. The molecule has 0 aromatic rings. The molecule has 0 aliphatic carbocycles. The van der Waals surface area contributed by atoms with Gasteiger partial charge in [0.2, 0.25) is 5.91 Å². The maximum absolute atomic E-state index is 11.6. The molecule has 0 spiro atoms. The fourth-order valence-electron chi connectivity index (χ4n) is 1.42. The summed E-state index contributed by atoms with van der Waals surface area (Å²) in [4.78, 5) is 11.6. The quantitative estimate of drug-likeness (QED) is 0.756. The molecule has 1 amide bonds. The van der Waals surface area contributed by atoms with Gasteiger partial charge in [0.05, 0.1) is 0 Å². The fraction of sp³-hybridized carbons (Fsp3) is 0.900. The Hall–Kier alpha value is -0.320. The van der Waals surface area contributed by atoms with E-state index in [9.17, 15) is 4.79 Å². The van der Waals surface area contributed by atoms with E-state index in [2.05, 4.69) is 10.6 Å². The molecule has 1 fully saturated rings. The van der Waals surface area contributed by atoms with Crippen molar-refractivity contribution in [2.75, 3.05) is 20.2 Å². The molecule has 0 aromatic heterocycles. The SMILES string of the molecule is CNC(C)CNC(=O)C1CCCCO1.Cl. The van der Waals surface area contributed by atoms with E-state index in [1.54, 1.807) is 0 Å². The van der Waals surface area contributed by atoms with E-state index in [-0.39, 0.29) is 24.4 Å². The van der Waals surface area contributed by atoms with Crippen LogP contribution in [0, 0.1) is 0 Å². The number of carbonyl (C=O) groups is 1. The zero-order chi connectivity index (χ0) is 10.4. The zero-order valence-corrected chi connectivity index (χ0v) is 10.2. The van der Waals surface area contributed by atoms with E-state index in [1.807, 2.05) is 14.0 Å². The van der Waals surface area contributed by atoms with Gasteiger partial charge in [0.15, 0.2) is 0 Å². The first-order valence-corrected chi connectivity index (χ1v) is 5.30. The number of likely N-dealkylation sites (N-methyl/N-ethyl adjacent to an activating group) is 1. The first kappa shape index (κ1) is 14.7. The van der Waals surface area contributed by atoms with Crippen molar-refractivity contribution in [3.63, 3.8) is 0 Å². The van der Waals surface area contributed by atoms with Gasteiger partial charge in [-0.05, 0) is 33.2 Å². The Morgan fingerprint density at radius 2 is 2.27 bits per heavy atom. The van der Waals surface area contributed by atoms with Gasteiger partial charge in [0, 0.05) is 19.2 Å². The summed E-state index contributed by atoms with van der Waals surface area (Å²) < 4.78 is 5.37. The second-order valence-electron chi connectivity index (χ2n) is 3.79. The highest BCUT2D eigenvalue weighted by molar-refractivity contribution is 5.85. The molecule has 0 saturated carbocycles. The molecule has 2 N–H and O–H groups in total. The maximum atomic E-state index is 11.6. The van der Waals surface area contributed by atoms with Gasteiger partial charge in [0.1, 0.15) is 6.10 Å². The molecular weight excluding hydrogens is 216 g/mol. The molecule has 2 atom stereocenters. The number of rotatable bonds is 4. The molecule has 2 unspecified atom stereocenters. The van der Waals surface area contributed by atoms with E-state index in [1.165, 1.54) is 0 Å². The van der Waals surface area contributed by atoms with Crippen molar-refractivity contribution in [2.24, 2.45) is 0 Å². The average Bonchev–Trinajstić information content (AvgIpc) is 2.26. The minimum atomic E-state index is -0.215. The van der Waals surface area contributed by atoms with Gasteiger partial charge in [-0.1, -0.05) is 0 Å². The number of nitrogens with one attached hydrogen (secondary N) is 2. The standard InChI is InChI=1S/C10H20N2O2.ClH/c1-8(11-2)7-12-10(13)9-5-3-4-6-14-9;/h8-9,11H,3-7H2,1-2H3,(H,12,13);1H. The summed E-state index contributed by atoms with van der Waals surface area (Å²) in [6.07, 6.45) is 2.82. The van der Waals surface area contributed by atoms with Crippen molar-refractivity contribution in [3.8, 4) is 0 Å². The van der Waals surface area contributed by atoms with Crippen molar-refractivity contribution in [2.45, 2.75) is 38.3 Å². The van der Waals surface area contributed by atoms with Crippen LogP contribution in [0.1, 0.15) is 26.2 Å². The molecule has 1 aliphatic rings. The van der Waals surface area contributed by atoms with Gasteiger partial charge < -0.3 is 15.4 Å². The van der Waals surface area contributed by atoms with Gasteiger partial charge in [0.25, 0.3) is 0 Å². The molecule has 0 aromatic carbocycles. The number of ether oxygens (including phenoxy) is 1. The molecule has 1 aliphatic heterocycles. The van der Waals surface area contributed by atoms with Gasteiger partial charge in [-0.25, -0.2) is 0 Å². The molecule has 1 rings (SSSR count). The lowest BCUT2D eigenvalue weighted by Gasteiger charge is -2.22. The first-order valence-electron chi connectivity index (χ1n) is 5.30. The summed E-state index contributed by atoms with van der Waals surface area (Å²) in [6.45, 7) is 3.41. The Balaban J connectivity index is 0.00000196. The third kappa shape index (κ3) is 5.35. The summed E-state index contributed by atoms with van der Waals surface area (Å²) in [5.74, 6) is 0.0341. The van der Waals surface area contributed by atoms with Gasteiger partial charge in [-0.3, -0.25) is 4.79 Å². The van der Waals surface area contributed by atoms with Crippen molar-refractivity contribution >= 4 is 18.3 Å². The average molecular weight is 237 g/mol. The van der Waals surface area contributed by atoms with Crippen LogP contribution in [0.3, 0.4) is 0 Å². The van der Waals surface area contributed by atoms with E-state index >= 15 is 0 Å². The summed E-state index contributed by atoms with van der Waals surface area (Å²) in [5.41, 5.74) is 0. The van der Waals surface area contributed by atoms with Crippen LogP contribution in [0.5, 0.6) is 0 Å². The molecule has 5 heteroatoms. The van der Waals surface area contributed by atoms with E-state index in [0.29, 0.717) is 12.6 Å². The second-order valence-corrected chi connectivity index (χ2v) is 3.79. The third-order valence-electron chi connectivity index (χ3n) is 2.55. The topological polar surface area (TPSA) is 50.4 Å². The van der Waals surface area contributed by atoms with Gasteiger partial charge in [-0.15, -0.1) is 12.4 Å². The number of halogens is 1. The van der Waals surface area contributed by atoms with Crippen molar-refractivity contribution in [1.29, 1.82) is 0 Å². The van der Waals surface area contributed by atoms with Crippen LogP contribution in [0.4, 0.5) is 0 Å². The first-order chi connectivity index (χ1) is 6.74. The fourth-order valence-corrected chi connectivity index (χ4v) is 1.42. The van der Waals surface area contributed by atoms with Crippen LogP contribution in [0.2, 0.25) is 0 Å². The van der Waals surface area contributed by atoms with Crippen LogP contribution < -0.4 is 10.6 Å². The van der Waals surface area contributed by atoms with Crippen molar-refractivity contribution < 1.29 is 9.53 Å². The van der Waals surface area contributed by atoms with Crippen LogP contribution in [-0.2, 0) is 9.53 Å². The van der Waals surface area contributed by atoms with E-state index < -0.39 is 0 Å². The normalized spacial score (nSPS) is 22.7. The largest absolute Gasteiger partial charge is 0.368 e. The minimum Gasteiger partial charge on any atom is -0.368 e. The van der Waals surface area contributed by atoms with Crippen LogP contribution in [-0.4, -0.2) is 38.3 Å². The molecule has 1 heterocycles. The molecule has 0 radical (unpaired) electrons. The highest BCUT2D eigenvalue weighted by atomic mass is 35.5. The van der Waals surface area contributed by atoms with Crippen LogP contribution in [0.15, 0.2) is 0 Å². The summed E-state index contributed by atoms with van der Waals surface area (Å²) in [5, 5.41) is 5.94. The number of amides is 1. The summed E-state index contributed by atoms with van der Waals surface area (Å²) in [7, 11) is 1.88. The zero-order valence-electron chi connectivity index (χ0n) is 9.41. The lowest BCUT2D eigenvalue weighted by molar-refractivity contribution is -0.135. The lowest BCUT2D eigenvalue weighted by Crippen LogP contribution is -2.43. The molecule has 15 heavy (non-hydrogen) atoms. The number of hydrogen-bond acceptors (Lipinski definition) is 3. The lowest BCUT2D eigenvalue weighted by atomic mass is 10.1. The second kappa shape index (κ2) is 7.91. The maximum Gasteiger partial charge on any atom is 0.249 e. The van der Waals surface area contributed by atoms with Crippen molar-refractivity contribution in [3.05, 3.63) is 0 Å². The highest BCUT2D eigenvalue weighted by Gasteiger charge is 2.21. The molecule has 4 nitrogen and oxygen atoms in total. The Bertz CT molecular complexity index is 184. The molecular formula is C10H21ClN2O2. The van der Waals surface area contributed by atoms with Gasteiger partial charge >= 0.3 is 0 Å². The van der Waals surface area contributed by atoms with Crippen LogP contribution >= 0.6 is 12.4 Å². The minimum absolute atomic E-state index is 0. The third-order valence-corrected chi connectivity index (χ3v) is 2.55. The monoisotopic (exact) mass is 236 g/mol. The smallest absolute Gasteiger partial charge is 0.249 e. The van der Waals surface area contributed by atoms with Crippen LogP contribution in [0.25, 0.3) is 0 Å². The van der Waals surface area contributed by atoms with E-state index in [0.717, 1.165) is 25.9 Å². The number of carbonyl (C=O) groups excluding carboxylic acids is 1. The molecule has 90 valence electrons. The summed E-state index contributed by atoms with van der Waals surface area (Å²) in [6, 6.07) is 0.308. The summed E-state index contributed by atoms with van der Waals surface area (Å²) >= 11 is 0. The van der Waals surface area contributed by atoms with Gasteiger partial charge in [-0.2, -0.15) is 0 Å². The Kier molecular flexibility index (Phi) is 7.74. The predicted molar refractivity (Wildman–Crippen MR) is 62.4 cm³/mol. The molecule has 1 saturated heterocycles. The molecule has 0 bridgehead atoms. The van der Waals surface area contributed by atoms with E-state index in [4.69, 9.17) is 4.74 Å². The number of hydrogen-bond donors (Lipinski definition) is 2. The Morgan fingerprint density at radius 1 is 1.53 bits per heavy atom. The van der Waals surface area contributed by atoms with Crippen molar-refractivity contribution in [1.82, 2.24) is 10.6 Å². The highest BCUT2D eigenvalue weighted by Crippen LogP contribution is 2.12. The Morgan fingerprint density at radius 3 is 2.80 bits per heavy atom. The Labute approximate surface area is 97.5 Å².